The van der Waals surface area contributed by atoms with Crippen LogP contribution in [0.4, 0.5) is 10.5 Å². The maximum absolute atomic E-state index is 13.5. The molecular formula is C25H27N3O3. The number of fused-ring (bicyclic) bond motifs is 3. The predicted octanol–water partition coefficient (Wildman–Crippen LogP) is 4.88. The maximum Gasteiger partial charge on any atom is 0.341 e. The molecule has 0 unspecified atom stereocenters. The number of benzene rings is 2. The van der Waals surface area contributed by atoms with Gasteiger partial charge in [-0.25, -0.2) is 9.59 Å². The van der Waals surface area contributed by atoms with Gasteiger partial charge in [0, 0.05) is 35.9 Å². The van der Waals surface area contributed by atoms with E-state index in [1.54, 1.807) is 22.9 Å². The zero-order valence-corrected chi connectivity index (χ0v) is 18.1. The Bertz CT molecular complexity index is 1160. The van der Waals surface area contributed by atoms with Gasteiger partial charge in [-0.2, -0.15) is 0 Å². The first-order valence-electron chi connectivity index (χ1n) is 10.7. The average molecular weight is 418 g/mol. The number of aromatic nitrogens is 1. The number of hydrogen-bond acceptors (Lipinski definition) is 3. The van der Waals surface area contributed by atoms with Crippen LogP contribution in [0.25, 0.3) is 16.5 Å². The zero-order chi connectivity index (χ0) is 22.0. The third-order valence-electron chi connectivity index (χ3n) is 5.67. The van der Waals surface area contributed by atoms with E-state index in [9.17, 15) is 9.59 Å². The van der Waals surface area contributed by atoms with Crippen molar-refractivity contribution in [3.05, 3.63) is 71.6 Å². The lowest BCUT2D eigenvalue weighted by Gasteiger charge is -2.28. The summed E-state index contributed by atoms with van der Waals surface area (Å²) in [5, 5.41) is 1.06. The summed E-state index contributed by atoms with van der Waals surface area (Å²) < 4.78 is 5.33. The van der Waals surface area contributed by atoms with E-state index in [-0.39, 0.29) is 12.6 Å². The van der Waals surface area contributed by atoms with Crippen LogP contribution in [0.1, 0.15) is 30.7 Å². The third kappa shape index (κ3) is 3.81. The Morgan fingerprint density at radius 3 is 2.58 bits per heavy atom. The van der Waals surface area contributed by atoms with Gasteiger partial charge in [-0.3, -0.25) is 9.80 Å². The Morgan fingerprint density at radius 1 is 1.10 bits per heavy atom. The van der Waals surface area contributed by atoms with Crippen LogP contribution in [-0.4, -0.2) is 41.6 Å². The zero-order valence-electron chi connectivity index (χ0n) is 18.1. The molecule has 1 aromatic heterocycles. The smallest absolute Gasteiger partial charge is 0.341 e. The Kier molecular flexibility index (Phi) is 5.80. The first kappa shape index (κ1) is 20.7. The molecule has 0 bridgehead atoms. The molecule has 6 heteroatoms. The van der Waals surface area contributed by atoms with Crippen LogP contribution in [0, 0.1) is 6.92 Å². The molecule has 2 aromatic carbocycles. The van der Waals surface area contributed by atoms with Crippen LogP contribution >= 0.6 is 0 Å². The average Bonchev–Trinajstić information content (AvgIpc) is 3.03. The number of anilines is 1. The van der Waals surface area contributed by atoms with E-state index < -0.39 is 5.97 Å². The highest BCUT2D eigenvalue weighted by Gasteiger charge is 2.29. The molecule has 0 aliphatic carbocycles. The summed E-state index contributed by atoms with van der Waals surface area (Å²) in [4.78, 5) is 33.1. The van der Waals surface area contributed by atoms with Crippen molar-refractivity contribution in [2.75, 3.05) is 24.6 Å². The van der Waals surface area contributed by atoms with Gasteiger partial charge in [-0.1, -0.05) is 36.4 Å². The summed E-state index contributed by atoms with van der Waals surface area (Å²) in [6, 6.07) is 15.6. The van der Waals surface area contributed by atoms with Crippen LogP contribution in [-0.2, 0) is 16.0 Å². The maximum atomic E-state index is 13.5. The molecule has 4 rings (SSSR count). The van der Waals surface area contributed by atoms with E-state index in [0.717, 1.165) is 33.4 Å². The highest BCUT2D eigenvalue weighted by molar-refractivity contribution is 6.18. The van der Waals surface area contributed by atoms with Crippen molar-refractivity contribution in [3.63, 3.8) is 0 Å². The van der Waals surface area contributed by atoms with Gasteiger partial charge in [0.1, 0.15) is 0 Å². The molecule has 31 heavy (non-hydrogen) atoms. The molecule has 0 saturated heterocycles. The van der Waals surface area contributed by atoms with E-state index in [1.165, 1.54) is 0 Å². The quantitative estimate of drug-likeness (QED) is 0.615. The molecule has 1 aliphatic rings. The predicted molar refractivity (Wildman–Crippen MR) is 123 cm³/mol. The van der Waals surface area contributed by atoms with Crippen molar-refractivity contribution in [3.8, 4) is 0 Å². The number of para-hydroxylation sites is 2. The molecule has 6 nitrogen and oxygen atoms in total. The minimum Gasteiger partial charge on any atom is -0.462 e. The number of esters is 1. The van der Waals surface area contributed by atoms with Gasteiger partial charge in [0.25, 0.3) is 0 Å². The van der Waals surface area contributed by atoms with Gasteiger partial charge in [-0.15, -0.1) is 0 Å². The topological polar surface area (TPSA) is 65.6 Å². The fourth-order valence-electron chi connectivity index (χ4n) is 4.15. The van der Waals surface area contributed by atoms with Gasteiger partial charge >= 0.3 is 12.0 Å². The van der Waals surface area contributed by atoms with Crippen LogP contribution in [0.15, 0.2) is 54.7 Å². The normalized spacial score (nSPS) is 13.4. The fraction of sp³-hybridized carbons (Fsp3) is 0.280. The number of aryl methyl sites for hydroxylation is 1. The highest BCUT2D eigenvalue weighted by atomic mass is 16.5. The Labute approximate surface area is 182 Å². The van der Waals surface area contributed by atoms with Crippen molar-refractivity contribution < 1.29 is 14.3 Å². The van der Waals surface area contributed by atoms with Gasteiger partial charge in [0.15, 0.2) is 0 Å². The van der Waals surface area contributed by atoms with E-state index in [0.29, 0.717) is 25.1 Å². The van der Waals surface area contributed by atoms with Crippen LogP contribution in [0.2, 0.25) is 0 Å². The monoisotopic (exact) mass is 417 g/mol. The summed E-state index contributed by atoms with van der Waals surface area (Å²) in [6.07, 6.45) is 2.28. The Morgan fingerprint density at radius 2 is 1.84 bits per heavy atom. The molecule has 2 heterocycles. The fourth-order valence-corrected chi connectivity index (χ4v) is 4.15. The molecule has 0 saturated carbocycles. The lowest BCUT2D eigenvalue weighted by Crippen LogP contribution is -2.41. The molecule has 160 valence electrons. The van der Waals surface area contributed by atoms with Crippen molar-refractivity contribution in [1.29, 1.82) is 0 Å². The number of hydrogen-bond donors (Lipinski definition) is 1. The van der Waals surface area contributed by atoms with Crippen LogP contribution in [0.3, 0.4) is 0 Å². The molecule has 0 fully saturated rings. The van der Waals surface area contributed by atoms with Gasteiger partial charge in [0.05, 0.1) is 17.9 Å². The van der Waals surface area contributed by atoms with Crippen molar-refractivity contribution in [2.45, 2.75) is 27.2 Å². The highest BCUT2D eigenvalue weighted by Crippen LogP contribution is 2.32. The molecule has 0 atom stereocenters. The number of H-pyrrole nitrogens is 1. The number of urea groups is 1. The summed E-state index contributed by atoms with van der Waals surface area (Å²) in [5.41, 5.74) is 5.00. The van der Waals surface area contributed by atoms with E-state index in [1.807, 2.05) is 62.4 Å². The summed E-state index contributed by atoms with van der Waals surface area (Å²) in [7, 11) is 0. The van der Waals surface area contributed by atoms with Crippen LogP contribution in [0.5, 0.6) is 0 Å². The van der Waals surface area contributed by atoms with Crippen LogP contribution < -0.4 is 4.90 Å². The van der Waals surface area contributed by atoms with E-state index in [4.69, 9.17) is 4.74 Å². The Hall–Kier alpha value is -3.54. The minimum absolute atomic E-state index is 0.159. The number of amides is 2. The first-order valence-corrected chi connectivity index (χ1v) is 10.7. The molecular weight excluding hydrogens is 390 g/mol. The number of nitrogens with one attached hydrogen (secondary N) is 1. The molecule has 2 amide bonds. The second-order valence-corrected chi connectivity index (χ2v) is 7.54. The second-order valence-electron chi connectivity index (χ2n) is 7.54. The number of carbonyl (C=O) groups is 2. The Balaban J connectivity index is 1.77. The number of nitrogens with zero attached hydrogens (tertiary/aromatic N) is 2. The number of carbonyl (C=O) groups excluding carboxylic acids is 2. The lowest BCUT2D eigenvalue weighted by molar-refractivity contribution is -0.136. The summed E-state index contributed by atoms with van der Waals surface area (Å²) in [5.74, 6) is -0.436. The van der Waals surface area contributed by atoms with Gasteiger partial charge in [0.2, 0.25) is 0 Å². The summed E-state index contributed by atoms with van der Waals surface area (Å²) in [6.45, 7) is 6.99. The SMILES string of the molecule is CCOC(=O)C1=CN(C(=O)N(CC)c2ccccc2C)CCc2c1[nH]c1ccccc21. The molecule has 1 N–H and O–H groups in total. The minimum atomic E-state index is -0.436. The van der Waals surface area contributed by atoms with Gasteiger partial charge < -0.3 is 9.72 Å². The molecule has 0 radical (unpaired) electrons. The van der Waals surface area contributed by atoms with Crippen molar-refractivity contribution >= 4 is 34.2 Å². The molecule has 1 aliphatic heterocycles. The standard InChI is InChI=1S/C25H27N3O3/c1-4-28(22-13-9-6-10-17(22)3)25(30)27-15-14-19-18-11-7-8-12-21(18)26-23(19)20(16-27)24(29)31-5-2/h6-13,16,26H,4-5,14-15H2,1-3H3. The van der Waals surface area contributed by atoms with Gasteiger partial charge in [-0.05, 0) is 50.5 Å². The largest absolute Gasteiger partial charge is 0.462 e. The van der Waals surface area contributed by atoms with E-state index >= 15 is 0 Å². The second kappa shape index (κ2) is 8.68. The van der Waals surface area contributed by atoms with Crippen molar-refractivity contribution in [1.82, 2.24) is 9.88 Å². The van der Waals surface area contributed by atoms with E-state index in [2.05, 4.69) is 4.98 Å². The third-order valence-corrected chi connectivity index (χ3v) is 5.67. The van der Waals surface area contributed by atoms with Crippen molar-refractivity contribution in [2.24, 2.45) is 0 Å². The molecule has 3 aromatic rings. The molecule has 0 spiro atoms. The lowest BCUT2D eigenvalue weighted by atomic mass is 10.0. The summed E-state index contributed by atoms with van der Waals surface area (Å²) >= 11 is 0. The number of rotatable bonds is 4. The number of aromatic amines is 1. The number of ether oxygens (including phenoxy) is 1. The first-order chi connectivity index (χ1) is 15.0.